The fourth-order valence-corrected chi connectivity index (χ4v) is 4.82. The minimum atomic E-state index is 0.0163. The molecule has 0 unspecified atom stereocenters. The number of aromatic nitrogens is 1. The van der Waals surface area contributed by atoms with Gasteiger partial charge >= 0.3 is 0 Å². The van der Waals surface area contributed by atoms with Crippen molar-refractivity contribution in [3.05, 3.63) is 76.9 Å². The molecular weight excluding hydrogens is 432 g/mol. The first-order chi connectivity index (χ1) is 16.1. The SMILES string of the molecule is CCn1c(-c2ccccc2)cc(C(=O)NCCCN2CCN(c3cccc(Cl)c3)CC2)c1C. The van der Waals surface area contributed by atoms with E-state index in [9.17, 15) is 4.79 Å². The molecule has 2 heterocycles. The Balaban J connectivity index is 1.25. The monoisotopic (exact) mass is 464 g/mol. The first-order valence-corrected chi connectivity index (χ1v) is 12.2. The van der Waals surface area contributed by atoms with E-state index in [2.05, 4.69) is 44.8 Å². The molecule has 3 aromatic rings. The van der Waals surface area contributed by atoms with E-state index >= 15 is 0 Å². The molecule has 6 heteroatoms. The second kappa shape index (κ2) is 10.9. The predicted octanol–water partition coefficient (Wildman–Crippen LogP) is 5.08. The van der Waals surface area contributed by atoms with E-state index in [4.69, 9.17) is 11.6 Å². The summed E-state index contributed by atoms with van der Waals surface area (Å²) in [6.07, 6.45) is 0.946. The molecule has 0 aliphatic carbocycles. The van der Waals surface area contributed by atoms with E-state index in [1.54, 1.807) is 0 Å². The molecular formula is C27H33ClN4O. The highest BCUT2D eigenvalue weighted by atomic mass is 35.5. The summed E-state index contributed by atoms with van der Waals surface area (Å²) in [5, 5.41) is 3.92. The number of carbonyl (C=O) groups is 1. The summed E-state index contributed by atoms with van der Waals surface area (Å²) in [4.78, 5) is 17.8. The van der Waals surface area contributed by atoms with Crippen LogP contribution in [0.25, 0.3) is 11.3 Å². The number of rotatable bonds is 8. The van der Waals surface area contributed by atoms with Crippen LogP contribution in [0, 0.1) is 6.92 Å². The number of piperazine rings is 1. The van der Waals surface area contributed by atoms with E-state index < -0.39 is 0 Å². The molecule has 1 aromatic heterocycles. The molecule has 1 saturated heterocycles. The molecule has 1 N–H and O–H groups in total. The van der Waals surface area contributed by atoms with Crippen molar-refractivity contribution in [1.29, 1.82) is 0 Å². The van der Waals surface area contributed by atoms with Gasteiger partial charge in [-0.05, 0) is 56.6 Å². The number of carbonyl (C=O) groups excluding carboxylic acids is 1. The summed E-state index contributed by atoms with van der Waals surface area (Å²) in [7, 11) is 0. The fourth-order valence-electron chi connectivity index (χ4n) is 4.63. The number of hydrogen-bond acceptors (Lipinski definition) is 3. The average Bonchev–Trinajstić information content (AvgIpc) is 3.19. The van der Waals surface area contributed by atoms with Crippen molar-refractivity contribution in [2.45, 2.75) is 26.8 Å². The number of nitrogens with zero attached hydrogens (tertiary/aromatic N) is 3. The smallest absolute Gasteiger partial charge is 0.253 e. The Hall–Kier alpha value is -2.76. The van der Waals surface area contributed by atoms with Crippen molar-refractivity contribution in [1.82, 2.24) is 14.8 Å². The average molecular weight is 465 g/mol. The molecule has 1 fully saturated rings. The second-order valence-electron chi connectivity index (χ2n) is 8.56. The van der Waals surface area contributed by atoms with Crippen molar-refractivity contribution in [3.8, 4) is 11.3 Å². The van der Waals surface area contributed by atoms with Gasteiger partial charge in [-0.3, -0.25) is 9.69 Å². The summed E-state index contributed by atoms with van der Waals surface area (Å²) in [6.45, 7) is 10.7. The van der Waals surface area contributed by atoms with E-state index in [0.29, 0.717) is 6.54 Å². The summed E-state index contributed by atoms with van der Waals surface area (Å²) in [6, 6.07) is 20.4. The zero-order chi connectivity index (χ0) is 23.2. The minimum Gasteiger partial charge on any atom is -0.369 e. The van der Waals surface area contributed by atoms with Gasteiger partial charge in [0.05, 0.1) is 5.56 Å². The van der Waals surface area contributed by atoms with Gasteiger partial charge in [-0.2, -0.15) is 0 Å². The molecule has 33 heavy (non-hydrogen) atoms. The molecule has 2 aromatic carbocycles. The second-order valence-corrected chi connectivity index (χ2v) is 8.99. The maximum Gasteiger partial charge on any atom is 0.253 e. The zero-order valence-electron chi connectivity index (χ0n) is 19.6. The Morgan fingerprint density at radius 1 is 1.00 bits per heavy atom. The van der Waals surface area contributed by atoms with Crippen LogP contribution in [-0.4, -0.2) is 54.6 Å². The standard InChI is InChI=1S/C27H33ClN4O/c1-3-32-21(2)25(20-26(32)22-9-5-4-6-10-22)27(33)29-13-8-14-30-15-17-31(18-16-30)24-12-7-11-23(28)19-24/h4-7,9-12,19-20H,3,8,13-18H2,1-2H3,(H,29,33). The lowest BCUT2D eigenvalue weighted by molar-refractivity contribution is 0.0950. The molecule has 0 spiro atoms. The largest absolute Gasteiger partial charge is 0.369 e. The van der Waals surface area contributed by atoms with Crippen LogP contribution in [0.1, 0.15) is 29.4 Å². The van der Waals surface area contributed by atoms with Gasteiger partial charge in [-0.15, -0.1) is 0 Å². The first kappa shape index (κ1) is 23.4. The topological polar surface area (TPSA) is 40.5 Å². The summed E-state index contributed by atoms with van der Waals surface area (Å²) in [5.74, 6) is 0.0163. The number of nitrogens with one attached hydrogen (secondary N) is 1. The normalized spacial score (nSPS) is 14.5. The van der Waals surface area contributed by atoms with Gasteiger partial charge in [-0.25, -0.2) is 0 Å². The van der Waals surface area contributed by atoms with Crippen LogP contribution in [0.5, 0.6) is 0 Å². The molecule has 4 rings (SSSR count). The molecule has 0 atom stereocenters. The van der Waals surface area contributed by atoms with Crippen LogP contribution in [-0.2, 0) is 6.54 Å². The van der Waals surface area contributed by atoms with Crippen LogP contribution < -0.4 is 10.2 Å². The predicted molar refractivity (Wildman–Crippen MR) is 137 cm³/mol. The minimum absolute atomic E-state index is 0.0163. The Bertz CT molecular complexity index is 1070. The molecule has 0 bridgehead atoms. The lowest BCUT2D eigenvalue weighted by Gasteiger charge is -2.36. The highest BCUT2D eigenvalue weighted by Gasteiger charge is 2.19. The number of anilines is 1. The fraction of sp³-hybridized carbons (Fsp3) is 0.370. The van der Waals surface area contributed by atoms with Crippen molar-refractivity contribution in [2.75, 3.05) is 44.2 Å². The van der Waals surface area contributed by atoms with Gasteiger partial charge < -0.3 is 14.8 Å². The van der Waals surface area contributed by atoms with E-state index in [0.717, 1.165) is 73.2 Å². The van der Waals surface area contributed by atoms with Crippen LogP contribution in [0.4, 0.5) is 5.69 Å². The van der Waals surface area contributed by atoms with Gasteiger partial charge in [-0.1, -0.05) is 48.0 Å². The molecule has 1 aliphatic heterocycles. The lowest BCUT2D eigenvalue weighted by atomic mass is 10.1. The Labute approximate surface area is 202 Å². The molecule has 174 valence electrons. The van der Waals surface area contributed by atoms with Crippen LogP contribution in [0.15, 0.2) is 60.7 Å². The van der Waals surface area contributed by atoms with E-state index in [1.807, 2.05) is 49.4 Å². The molecule has 1 aliphatic rings. The van der Waals surface area contributed by atoms with Crippen molar-refractivity contribution in [3.63, 3.8) is 0 Å². The Kier molecular flexibility index (Phi) is 7.73. The number of amides is 1. The van der Waals surface area contributed by atoms with Gasteiger partial charge in [0.25, 0.3) is 5.91 Å². The first-order valence-electron chi connectivity index (χ1n) is 11.8. The molecule has 5 nitrogen and oxygen atoms in total. The summed E-state index contributed by atoms with van der Waals surface area (Å²) in [5.41, 5.74) is 5.22. The Morgan fingerprint density at radius 2 is 1.76 bits per heavy atom. The van der Waals surface area contributed by atoms with Crippen LogP contribution in [0.3, 0.4) is 0 Å². The van der Waals surface area contributed by atoms with Crippen LogP contribution in [0.2, 0.25) is 5.02 Å². The third kappa shape index (κ3) is 5.60. The van der Waals surface area contributed by atoms with E-state index in [1.165, 1.54) is 5.69 Å². The van der Waals surface area contributed by atoms with Gasteiger partial charge in [0.1, 0.15) is 0 Å². The molecule has 1 amide bonds. The number of hydrogen-bond donors (Lipinski definition) is 1. The van der Waals surface area contributed by atoms with Crippen molar-refractivity contribution in [2.24, 2.45) is 0 Å². The third-order valence-corrected chi connectivity index (χ3v) is 6.71. The number of benzene rings is 2. The van der Waals surface area contributed by atoms with Gasteiger partial charge in [0.15, 0.2) is 0 Å². The highest BCUT2D eigenvalue weighted by molar-refractivity contribution is 6.30. The van der Waals surface area contributed by atoms with Crippen LogP contribution >= 0.6 is 11.6 Å². The Morgan fingerprint density at radius 3 is 2.45 bits per heavy atom. The molecule has 0 radical (unpaired) electrons. The summed E-state index contributed by atoms with van der Waals surface area (Å²) < 4.78 is 2.21. The summed E-state index contributed by atoms with van der Waals surface area (Å²) >= 11 is 6.13. The lowest BCUT2D eigenvalue weighted by Crippen LogP contribution is -2.47. The highest BCUT2D eigenvalue weighted by Crippen LogP contribution is 2.26. The van der Waals surface area contributed by atoms with Crippen molar-refractivity contribution >= 4 is 23.2 Å². The van der Waals surface area contributed by atoms with Crippen molar-refractivity contribution < 1.29 is 4.79 Å². The zero-order valence-corrected chi connectivity index (χ0v) is 20.3. The van der Waals surface area contributed by atoms with Gasteiger partial charge in [0, 0.05) is 61.4 Å². The third-order valence-electron chi connectivity index (χ3n) is 6.48. The van der Waals surface area contributed by atoms with Gasteiger partial charge in [0.2, 0.25) is 0 Å². The molecule has 0 saturated carbocycles. The maximum atomic E-state index is 12.9. The quantitative estimate of drug-likeness (QED) is 0.472. The number of halogens is 1. The maximum absolute atomic E-state index is 12.9. The van der Waals surface area contributed by atoms with E-state index in [-0.39, 0.29) is 5.91 Å².